The van der Waals surface area contributed by atoms with Gasteiger partial charge >= 0.3 is 0 Å². The van der Waals surface area contributed by atoms with E-state index in [-0.39, 0.29) is 17.4 Å². The van der Waals surface area contributed by atoms with Crippen LogP contribution in [0.25, 0.3) is 20.3 Å². The van der Waals surface area contributed by atoms with E-state index in [9.17, 15) is 14.9 Å². The molecule has 1 aliphatic heterocycles. The number of H-pyrrole nitrogens is 1. The molecule has 3 heterocycles. The number of aromatic nitrogens is 2. The van der Waals surface area contributed by atoms with E-state index in [0.717, 1.165) is 17.5 Å². The van der Waals surface area contributed by atoms with Crippen LogP contribution in [-0.4, -0.2) is 27.2 Å². The van der Waals surface area contributed by atoms with E-state index in [1.807, 2.05) is 0 Å². The Morgan fingerprint density at radius 3 is 3.04 bits per heavy atom. The molecule has 24 heavy (non-hydrogen) atoms. The van der Waals surface area contributed by atoms with Crippen molar-refractivity contribution in [3.63, 3.8) is 0 Å². The molecule has 9 heteroatoms. The zero-order valence-corrected chi connectivity index (χ0v) is 14.1. The highest BCUT2D eigenvalue weighted by atomic mass is 32.1. The van der Waals surface area contributed by atoms with Crippen molar-refractivity contribution in [1.29, 1.82) is 0 Å². The molecule has 1 unspecified atom stereocenters. The number of nitrogens with one attached hydrogen (secondary N) is 1. The van der Waals surface area contributed by atoms with Gasteiger partial charge in [-0.05, 0) is 31.1 Å². The Bertz CT molecular complexity index is 1080. The van der Waals surface area contributed by atoms with Crippen LogP contribution in [0, 0.1) is 14.9 Å². The lowest BCUT2D eigenvalue weighted by Crippen LogP contribution is -2.27. The molecule has 0 bridgehead atoms. The SMILES string of the molecule is O=c1c2sc3ccc([N+](=O)[O-])cc3c2[nH]c(=S)n1CC1CCCO1. The van der Waals surface area contributed by atoms with Gasteiger partial charge in [0.25, 0.3) is 11.2 Å². The second-order valence-corrected chi connectivity index (χ2v) is 7.16. The van der Waals surface area contributed by atoms with Gasteiger partial charge in [0.1, 0.15) is 4.70 Å². The summed E-state index contributed by atoms with van der Waals surface area (Å²) in [5.74, 6) is 0. The highest BCUT2D eigenvalue weighted by Gasteiger charge is 2.20. The number of benzene rings is 1. The van der Waals surface area contributed by atoms with Crippen molar-refractivity contribution >= 4 is 49.5 Å². The Kier molecular flexibility index (Phi) is 3.70. The van der Waals surface area contributed by atoms with Crippen LogP contribution in [0.15, 0.2) is 23.0 Å². The topological polar surface area (TPSA) is 90.2 Å². The molecule has 0 radical (unpaired) electrons. The highest BCUT2D eigenvalue weighted by Crippen LogP contribution is 2.33. The fourth-order valence-corrected chi connectivity index (χ4v) is 4.37. The maximum Gasteiger partial charge on any atom is 0.272 e. The smallest absolute Gasteiger partial charge is 0.272 e. The number of nitro benzene ring substituents is 1. The van der Waals surface area contributed by atoms with Crippen molar-refractivity contribution in [1.82, 2.24) is 9.55 Å². The number of nitrogens with zero attached hydrogens (tertiary/aromatic N) is 2. The number of aromatic amines is 1. The molecule has 7 nitrogen and oxygen atoms in total. The average molecular weight is 363 g/mol. The van der Waals surface area contributed by atoms with Gasteiger partial charge in [0, 0.05) is 28.8 Å². The van der Waals surface area contributed by atoms with Gasteiger partial charge in [-0.25, -0.2) is 0 Å². The molecule has 1 aliphatic rings. The van der Waals surface area contributed by atoms with Gasteiger partial charge < -0.3 is 9.72 Å². The standard InChI is InChI=1S/C15H13N3O4S2/c19-14-13-12(10-6-8(18(20)21)3-4-11(10)24-13)16-15(23)17(14)7-9-2-1-5-22-9/h3-4,6,9H,1-2,5,7H2,(H,16,23). The van der Waals surface area contributed by atoms with E-state index in [4.69, 9.17) is 17.0 Å². The van der Waals surface area contributed by atoms with Crippen LogP contribution in [-0.2, 0) is 11.3 Å². The molecule has 0 amide bonds. The van der Waals surface area contributed by atoms with Gasteiger partial charge in [-0.3, -0.25) is 19.5 Å². The number of non-ortho nitro benzene ring substituents is 1. The van der Waals surface area contributed by atoms with Crippen LogP contribution in [0.1, 0.15) is 12.8 Å². The maximum absolute atomic E-state index is 12.8. The molecule has 0 spiro atoms. The first kappa shape index (κ1) is 15.4. The number of ether oxygens (including phenoxy) is 1. The summed E-state index contributed by atoms with van der Waals surface area (Å²) in [6.45, 7) is 1.14. The lowest BCUT2D eigenvalue weighted by atomic mass is 10.2. The largest absolute Gasteiger partial charge is 0.376 e. The minimum Gasteiger partial charge on any atom is -0.376 e. The van der Waals surface area contributed by atoms with Crippen molar-refractivity contribution in [3.8, 4) is 0 Å². The van der Waals surface area contributed by atoms with E-state index in [1.165, 1.54) is 28.0 Å². The molecular weight excluding hydrogens is 350 g/mol. The molecular formula is C15H13N3O4S2. The summed E-state index contributed by atoms with van der Waals surface area (Å²) >= 11 is 6.65. The summed E-state index contributed by atoms with van der Waals surface area (Å²) in [4.78, 5) is 26.4. The predicted molar refractivity (Wildman–Crippen MR) is 94.4 cm³/mol. The molecule has 3 aromatic rings. The lowest BCUT2D eigenvalue weighted by Gasteiger charge is -2.11. The highest BCUT2D eigenvalue weighted by molar-refractivity contribution is 7.71. The molecule has 4 rings (SSSR count). The number of fused-ring (bicyclic) bond motifs is 3. The van der Waals surface area contributed by atoms with Crippen LogP contribution >= 0.6 is 23.6 Å². The number of nitro groups is 1. The Labute approximate surface area is 144 Å². The first-order valence-electron chi connectivity index (χ1n) is 7.50. The minimum atomic E-state index is -0.448. The molecule has 0 saturated carbocycles. The number of hydrogen-bond donors (Lipinski definition) is 1. The summed E-state index contributed by atoms with van der Waals surface area (Å²) in [5, 5.41) is 11.6. The minimum absolute atomic E-state index is 0.00529. The molecule has 1 N–H and O–H groups in total. The Morgan fingerprint density at radius 1 is 1.50 bits per heavy atom. The lowest BCUT2D eigenvalue weighted by molar-refractivity contribution is -0.384. The van der Waals surface area contributed by atoms with Crippen LogP contribution in [0.5, 0.6) is 0 Å². The first-order chi connectivity index (χ1) is 11.5. The van der Waals surface area contributed by atoms with Crippen LogP contribution in [0.3, 0.4) is 0 Å². The second kappa shape index (κ2) is 5.76. The third-order valence-corrected chi connectivity index (χ3v) is 5.69. The monoisotopic (exact) mass is 363 g/mol. The number of hydrogen-bond acceptors (Lipinski definition) is 6. The predicted octanol–water partition coefficient (Wildman–Crippen LogP) is 3.36. The van der Waals surface area contributed by atoms with E-state index in [2.05, 4.69) is 4.98 Å². The van der Waals surface area contributed by atoms with Crippen molar-refractivity contribution in [3.05, 3.63) is 43.4 Å². The normalized spacial score (nSPS) is 17.8. The molecule has 0 aliphatic carbocycles. The fraction of sp³-hybridized carbons (Fsp3) is 0.333. The van der Waals surface area contributed by atoms with E-state index < -0.39 is 4.92 Å². The average Bonchev–Trinajstić information content (AvgIpc) is 3.18. The quantitative estimate of drug-likeness (QED) is 0.438. The molecule has 124 valence electrons. The van der Waals surface area contributed by atoms with Crippen LogP contribution < -0.4 is 5.56 Å². The fourth-order valence-electron chi connectivity index (χ4n) is 3.02. The van der Waals surface area contributed by atoms with Gasteiger partial charge in [-0.15, -0.1) is 11.3 Å². The Balaban J connectivity index is 1.92. The van der Waals surface area contributed by atoms with Crippen molar-refractivity contribution in [2.45, 2.75) is 25.5 Å². The molecule has 2 aromatic heterocycles. The maximum atomic E-state index is 12.8. The van der Waals surface area contributed by atoms with Crippen LogP contribution in [0.2, 0.25) is 0 Å². The van der Waals surface area contributed by atoms with E-state index >= 15 is 0 Å². The van der Waals surface area contributed by atoms with E-state index in [0.29, 0.717) is 33.5 Å². The van der Waals surface area contributed by atoms with E-state index in [1.54, 1.807) is 6.07 Å². The van der Waals surface area contributed by atoms with Crippen LogP contribution in [0.4, 0.5) is 5.69 Å². The first-order valence-corrected chi connectivity index (χ1v) is 8.72. The third-order valence-electron chi connectivity index (χ3n) is 4.21. The van der Waals surface area contributed by atoms with Crippen molar-refractivity contribution < 1.29 is 9.66 Å². The zero-order chi connectivity index (χ0) is 16.8. The summed E-state index contributed by atoms with van der Waals surface area (Å²) in [6, 6.07) is 4.58. The second-order valence-electron chi connectivity index (χ2n) is 5.72. The summed E-state index contributed by atoms with van der Waals surface area (Å²) in [7, 11) is 0. The van der Waals surface area contributed by atoms with Gasteiger partial charge in [0.15, 0.2) is 4.77 Å². The molecule has 1 saturated heterocycles. The summed E-state index contributed by atoms with van der Waals surface area (Å²) < 4.78 is 8.77. The van der Waals surface area contributed by atoms with Crippen molar-refractivity contribution in [2.24, 2.45) is 0 Å². The Morgan fingerprint density at radius 2 is 2.33 bits per heavy atom. The molecule has 1 atom stereocenters. The summed E-state index contributed by atoms with van der Waals surface area (Å²) in [6.07, 6.45) is 1.91. The van der Waals surface area contributed by atoms with Crippen molar-refractivity contribution in [2.75, 3.05) is 6.61 Å². The van der Waals surface area contributed by atoms with Gasteiger partial charge in [0.2, 0.25) is 0 Å². The third kappa shape index (κ3) is 2.45. The van der Waals surface area contributed by atoms with Gasteiger partial charge in [-0.2, -0.15) is 0 Å². The van der Waals surface area contributed by atoms with Gasteiger partial charge in [0.05, 0.1) is 23.1 Å². The Hall–Kier alpha value is -2.10. The number of thiophene rings is 1. The number of rotatable bonds is 3. The van der Waals surface area contributed by atoms with Gasteiger partial charge in [-0.1, -0.05) is 0 Å². The molecule has 1 aromatic carbocycles. The summed E-state index contributed by atoms with van der Waals surface area (Å²) in [5.41, 5.74) is 0.385. The zero-order valence-electron chi connectivity index (χ0n) is 12.5. The molecule has 1 fully saturated rings.